The molecule has 0 radical (unpaired) electrons. The molecule has 1 rings (SSSR count). The molecule has 0 bridgehead atoms. The standard InChI is InChI=1S/C23H44O3/c1-10-25-19(17(2)18-14-12-11-13-15-18)26-20(24)23(9,22(6,7)8)16-21(3,4)5/h17-19H,10-16H2,1-9H3. The zero-order chi connectivity index (χ0) is 20.2. The quantitative estimate of drug-likeness (QED) is 0.375. The molecule has 0 spiro atoms. The SMILES string of the molecule is CCOC(OC(=O)C(C)(CC(C)(C)C)C(C)(C)C)C(C)C1CCCCC1. The van der Waals surface area contributed by atoms with Crippen molar-refractivity contribution in [2.24, 2.45) is 28.1 Å². The lowest BCUT2D eigenvalue weighted by Crippen LogP contribution is -2.47. The van der Waals surface area contributed by atoms with Crippen molar-refractivity contribution < 1.29 is 14.3 Å². The van der Waals surface area contributed by atoms with Crippen molar-refractivity contribution in [1.29, 1.82) is 0 Å². The van der Waals surface area contributed by atoms with Crippen LogP contribution in [0.2, 0.25) is 0 Å². The van der Waals surface area contributed by atoms with Crippen molar-refractivity contribution in [2.75, 3.05) is 6.61 Å². The normalized spacial score (nSPS) is 21.7. The zero-order valence-corrected chi connectivity index (χ0v) is 18.9. The first-order chi connectivity index (χ1) is 11.8. The van der Waals surface area contributed by atoms with E-state index in [2.05, 4.69) is 55.4 Å². The molecule has 3 unspecified atom stereocenters. The zero-order valence-electron chi connectivity index (χ0n) is 18.9. The molecule has 26 heavy (non-hydrogen) atoms. The van der Waals surface area contributed by atoms with Gasteiger partial charge < -0.3 is 9.47 Å². The summed E-state index contributed by atoms with van der Waals surface area (Å²) in [7, 11) is 0. The van der Waals surface area contributed by atoms with Crippen LogP contribution in [0.3, 0.4) is 0 Å². The Labute approximate surface area is 162 Å². The van der Waals surface area contributed by atoms with Gasteiger partial charge in [0, 0.05) is 12.5 Å². The Morgan fingerprint density at radius 2 is 1.54 bits per heavy atom. The molecule has 0 aliphatic heterocycles. The predicted molar refractivity (Wildman–Crippen MR) is 109 cm³/mol. The predicted octanol–water partition coefficient (Wildman–Crippen LogP) is 6.60. The number of carbonyl (C=O) groups is 1. The van der Waals surface area contributed by atoms with E-state index in [0.29, 0.717) is 12.5 Å². The average molecular weight is 369 g/mol. The van der Waals surface area contributed by atoms with Gasteiger partial charge >= 0.3 is 5.97 Å². The summed E-state index contributed by atoms with van der Waals surface area (Å²) in [6.07, 6.45) is 6.70. The molecule has 1 fully saturated rings. The van der Waals surface area contributed by atoms with Crippen LogP contribution in [0.25, 0.3) is 0 Å². The summed E-state index contributed by atoms with van der Waals surface area (Å²) in [6, 6.07) is 0. The second-order valence-corrected chi connectivity index (χ2v) is 10.8. The summed E-state index contributed by atoms with van der Waals surface area (Å²) in [5.74, 6) is 0.732. The largest absolute Gasteiger partial charge is 0.435 e. The maximum absolute atomic E-state index is 13.4. The van der Waals surface area contributed by atoms with E-state index in [-0.39, 0.29) is 22.7 Å². The van der Waals surface area contributed by atoms with Gasteiger partial charge in [0.15, 0.2) is 0 Å². The lowest BCUT2D eigenvalue weighted by Gasteiger charge is -2.44. The first-order valence-electron chi connectivity index (χ1n) is 10.6. The molecule has 0 aromatic rings. The van der Waals surface area contributed by atoms with Crippen LogP contribution in [-0.4, -0.2) is 18.9 Å². The Hall–Kier alpha value is -0.570. The molecular formula is C23H44O3. The van der Waals surface area contributed by atoms with Crippen LogP contribution in [0, 0.1) is 28.1 Å². The van der Waals surface area contributed by atoms with E-state index in [1.54, 1.807) is 0 Å². The van der Waals surface area contributed by atoms with Crippen LogP contribution in [0.4, 0.5) is 0 Å². The average Bonchev–Trinajstić information content (AvgIpc) is 2.51. The van der Waals surface area contributed by atoms with Gasteiger partial charge in [-0.05, 0) is 49.9 Å². The first-order valence-corrected chi connectivity index (χ1v) is 10.6. The minimum atomic E-state index is -0.549. The Bertz CT molecular complexity index is 437. The Balaban J connectivity index is 2.97. The second-order valence-electron chi connectivity index (χ2n) is 10.8. The third kappa shape index (κ3) is 6.25. The molecule has 3 atom stereocenters. The molecule has 0 N–H and O–H groups in total. The number of carbonyl (C=O) groups excluding carboxylic acids is 1. The van der Waals surface area contributed by atoms with Crippen molar-refractivity contribution in [1.82, 2.24) is 0 Å². The second kappa shape index (κ2) is 9.08. The van der Waals surface area contributed by atoms with E-state index >= 15 is 0 Å². The van der Waals surface area contributed by atoms with Gasteiger partial charge in [-0.15, -0.1) is 0 Å². The number of rotatable bonds is 7. The fourth-order valence-electron chi connectivity index (χ4n) is 4.28. The van der Waals surface area contributed by atoms with Crippen molar-refractivity contribution in [3.63, 3.8) is 0 Å². The fraction of sp³-hybridized carbons (Fsp3) is 0.957. The van der Waals surface area contributed by atoms with Crippen LogP contribution in [-0.2, 0) is 14.3 Å². The summed E-state index contributed by atoms with van der Waals surface area (Å²) < 4.78 is 12.0. The van der Waals surface area contributed by atoms with E-state index in [4.69, 9.17) is 9.47 Å². The van der Waals surface area contributed by atoms with Gasteiger partial charge in [-0.1, -0.05) is 67.7 Å². The monoisotopic (exact) mass is 368 g/mol. The summed E-state index contributed by atoms with van der Waals surface area (Å²) in [5.41, 5.74) is -0.674. The number of hydrogen-bond acceptors (Lipinski definition) is 3. The minimum Gasteiger partial charge on any atom is -0.435 e. The van der Waals surface area contributed by atoms with E-state index in [1.807, 2.05) is 6.92 Å². The molecule has 0 heterocycles. The summed E-state index contributed by atoms with van der Waals surface area (Å²) >= 11 is 0. The molecule has 154 valence electrons. The number of hydrogen-bond donors (Lipinski definition) is 0. The molecule has 0 saturated heterocycles. The number of ether oxygens (including phenoxy) is 2. The molecule has 1 aliphatic carbocycles. The van der Waals surface area contributed by atoms with Crippen molar-refractivity contribution >= 4 is 5.97 Å². The highest BCUT2D eigenvalue weighted by Crippen LogP contribution is 2.48. The van der Waals surface area contributed by atoms with Gasteiger partial charge in [-0.3, -0.25) is 4.79 Å². The Morgan fingerprint density at radius 3 is 1.96 bits per heavy atom. The molecule has 3 nitrogen and oxygen atoms in total. The molecule has 0 amide bonds. The minimum absolute atomic E-state index is 0.0527. The highest BCUT2D eigenvalue weighted by molar-refractivity contribution is 5.77. The highest BCUT2D eigenvalue weighted by atomic mass is 16.7. The number of esters is 1. The van der Waals surface area contributed by atoms with Gasteiger partial charge in [-0.2, -0.15) is 0 Å². The van der Waals surface area contributed by atoms with E-state index in [1.165, 1.54) is 32.1 Å². The van der Waals surface area contributed by atoms with E-state index in [0.717, 1.165) is 6.42 Å². The summed E-state index contributed by atoms with van der Waals surface area (Å²) in [4.78, 5) is 13.4. The Kier molecular flexibility index (Phi) is 8.20. The lowest BCUT2D eigenvalue weighted by atomic mass is 9.61. The molecule has 0 aromatic heterocycles. The lowest BCUT2D eigenvalue weighted by molar-refractivity contribution is -0.211. The molecule has 3 heteroatoms. The van der Waals surface area contributed by atoms with Crippen LogP contribution >= 0.6 is 0 Å². The van der Waals surface area contributed by atoms with Crippen LogP contribution in [0.15, 0.2) is 0 Å². The fourth-order valence-corrected chi connectivity index (χ4v) is 4.28. The van der Waals surface area contributed by atoms with Gasteiger partial charge in [-0.25, -0.2) is 0 Å². The highest BCUT2D eigenvalue weighted by Gasteiger charge is 2.49. The van der Waals surface area contributed by atoms with Gasteiger partial charge in [0.2, 0.25) is 6.29 Å². The van der Waals surface area contributed by atoms with Crippen LogP contribution in [0.5, 0.6) is 0 Å². The summed E-state index contributed by atoms with van der Waals surface area (Å²) in [5, 5.41) is 0. The smallest absolute Gasteiger partial charge is 0.314 e. The summed E-state index contributed by atoms with van der Waals surface area (Å²) in [6.45, 7) is 19.8. The maximum Gasteiger partial charge on any atom is 0.314 e. The third-order valence-corrected chi connectivity index (χ3v) is 6.37. The van der Waals surface area contributed by atoms with Crippen molar-refractivity contribution in [2.45, 2.75) is 107 Å². The molecule has 0 aromatic carbocycles. The molecular weight excluding hydrogens is 324 g/mol. The topological polar surface area (TPSA) is 35.5 Å². The van der Waals surface area contributed by atoms with Crippen LogP contribution in [0.1, 0.15) is 101 Å². The third-order valence-electron chi connectivity index (χ3n) is 6.37. The first kappa shape index (κ1) is 23.5. The van der Waals surface area contributed by atoms with Gasteiger partial charge in [0.05, 0.1) is 5.41 Å². The molecule has 1 aliphatic rings. The van der Waals surface area contributed by atoms with Gasteiger partial charge in [0.25, 0.3) is 0 Å². The van der Waals surface area contributed by atoms with E-state index < -0.39 is 11.7 Å². The van der Waals surface area contributed by atoms with Crippen molar-refractivity contribution in [3.8, 4) is 0 Å². The van der Waals surface area contributed by atoms with Crippen LogP contribution < -0.4 is 0 Å². The van der Waals surface area contributed by atoms with E-state index in [9.17, 15) is 4.79 Å². The molecule has 1 saturated carbocycles. The Morgan fingerprint density at radius 1 is 1.00 bits per heavy atom. The van der Waals surface area contributed by atoms with Gasteiger partial charge in [0.1, 0.15) is 0 Å². The maximum atomic E-state index is 13.4. The van der Waals surface area contributed by atoms with Crippen molar-refractivity contribution in [3.05, 3.63) is 0 Å².